The van der Waals surface area contributed by atoms with Crippen LogP contribution < -0.4 is 5.32 Å². The van der Waals surface area contributed by atoms with Crippen LogP contribution >= 0.6 is 11.3 Å². The number of benzene rings is 1. The zero-order valence-corrected chi connectivity index (χ0v) is 14.2. The van der Waals surface area contributed by atoms with Crippen LogP contribution in [0.25, 0.3) is 0 Å². The van der Waals surface area contributed by atoms with Crippen molar-refractivity contribution in [2.75, 3.05) is 6.54 Å². The lowest BCUT2D eigenvalue weighted by Crippen LogP contribution is -2.32. The van der Waals surface area contributed by atoms with E-state index < -0.39 is 0 Å². The standard InChI is InChI=1S/C18H26N2S/c1-4-12-19-17(11-10-16-8-6-5-7-9-16)13-18-20-14(2)15(3)21-18/h5-9,17,19H,4,10-13H2,1-3H3. The predicted octanol–water partition coefficient (Wildman–Crippen LogP) is 4.30. The monoisotopic (exact) mass is 302 g/mol. The first-order valence-electron chi connectivity index (χ1n) is 7.89. The smallest absolute Gasteiger partial charge is 0.0946 e. The van der Waals surface area contributed by atoms with Gasteiger partial charge in [-0.3, -0.25) is 0 Å². The van der Waals surface area contributed by atoms with Crippen LogP contribution in [-0.4, -0.2) is 17.6 Å². The van der Waals surface area contributed by atoms with Gasteiger partial charge in [0.15, 0.2) is 0 Å². The van der Waals surface area contributed by atoms with E-state index in [4.69, 9.17) is 4.98 Å². The summed E-state index contributed by atoms with van der Waals surface area (Å²) in [5, 5.41) is 4.95. The van der Waals surface area contributed by atoms with Gasteiger partial charge in [-0.25, -0.2) is 4.98 Å². The van der Waals surface area contributed by atoms with Crippen LogP contribution in [0, 0.1) is 13.8 Å². The Morgan fingerprint density at radius 1 is 1.19 bits per heavy atom. The zero-order valence-electron chi connectivity index (χ0n) is 13.4. The molecule has 0 spiro atoms. The fourth-order valence-electron chi connectivity index (χ4n) is 2.45. The Bertz CT molecular complexity index is 514. The maximum absolute atomic E-state index is 4.69. The number of nitrogens with zero attached hydrogens (tertiary/aromatic N) is 1. The first-order chi connectivity index (χ1) is 10.2. The molecule has 1 heterocycles. The Labute approximate surface area is 132 Å². The number of thiazole rings is 1. The van der Waals surface area contributed by atoms with Gasteiger partial charge in [0.05, 0.1) is 10.7 Å². The maximum Gasteiger partial charge on any atom is 0.0946 e. The van der Waals surface area contributed by atoms with Gasteiger partial charge in [-0.05, 0) is 45.2 Å². The molecule has 0 bridgehead atoms. The van der Waals surface area contributed by atoms with E-state index in [1.165, 1.54) is 34.0 Å². The molecule has 1 aromatic heterocycles. The number of rotatable bonds is 8. The first kappa shape index (κ1) is 16.2. The fraction of sp³-hybridized carbons (Fsp3) is 0.500. The van der Waals surface area contributed by atoms with Crippen molar-refractivity contribution in [1.82, 2.24) is 10.3 Å². The number of aromatic nitrogens is 1. The molecule has 3 heteroatoms. The molecule has 0 radical (unpaired) electrons. The summed E-state index contributed by atoms with van der Waals surface area (Å²) < 4.78 is 0. The van der Waals surface area contributed by atoms with E-state index in [0.717, 1.165) is 19.4 Å². The molecule has 2 nitrogen and oxygen atoms in total. The van der Waals surface area contributed by atoms with E-state index in [1.54, 1.807) is 0 Å². The summed E-state index contributed by atoms with van der Waals surface area (Å²) in [5.74, 6) is 0. The number of hydrogen-bond donors (Lipinski definition) is 1. The van der Waals surface area contributed by atoms with Gasteiger partial charge >= 0.3 is 0 Å². The summed E-state index contributed by atoms with van der Waals surface area (Å²) in [7, 11) is 0. The molecule has 0 aliphatic rings. The third-order valence-electron chi connectivity index (χ3n) is 3.80. The van der Waals surface area contributed by atoms with Crippen molar-refractivity contribution in [3.63, 3.8) is 0 Å². The fourth-order valence-corrected chi connectivity index (χ4v) is 3.46. The second-order valence-electron chi connectivity index (χ2n) is 5.63. The molecule has 2 aromatic rings. The molecule has 0 amide bonds. The second kappa shape index (κ2) is 8.30. The van der Waals surface area contributed by atoms with Gasteiger partial charge in [-0.1, -0.05) is 37.3 Å². The lowest BCUT2D eigenvalue weighted by atomic mass is 10.0. The Hall–Kier alpha value is -1.19. The van der Waals surface area contributed by atoms with Gasteiger partial charge in [0, 0.05) is 17.3 Å². The highest BCUT2D eigenvalue weighted by atomic mass is 32.1. The van der Waals surface area contributed by atoms with Crippen LogP contribution in [0.2, 0.25) is 0 Å². The van der Waals surface area contributed by atoms with E-state index in [-0.39, 0.29) is 0 Å². The van der Waals surface area contributed by atoms with E-state index >= 15 is 0 Å². The minimum absolute atomic E-state index is 0.523. The highest BCUT2D eigenvalue weighted by molar-refractivity contribution is 7.11. The van der Waals surface area contributed by atoms with Crippen LogP contribution in [0.1, 0.15) is 40.9 Å². The molecule has 0 saturated heterocycles. The van der Waals surface area contributed by atoms with Crippen LogP contribution in [0.5, 0.6) is 0 Å². The summed E-state index contributed by atoms with van der Waals surface area (Å²) in [6, 6.07) is 11.3. The lowest BCUT2D eigenvalue weighted by molar-refractivity contribution is 0.477. The molecule has 114 valence electrons. The molecule has 2 rings (SSSR count). The first-order valence-corrected chi connectivity index (χ1v) is 8.71. The predicted molar refractivity (Wildman–Crippen MR) is 92.1 cm³/mol. The highest BCUT2D eigenvalue weighted by Gasteiger charge is 2.12. The summed E-state index contributed by atoms with van der Waals surface area (Å²) >= 11 is 1.85. The second-order valence-corrected chi connectivity index (χ2v) is 6.92. The van der Waals surface area contributed by atoms with Gasteiger partial charge in [0.2, 0.25) is 0 Å². The molecule has 0 saturated carbocycles. The molecule has 21 heavy (non-hydrogen) atoms. The van der Waals surface area contributed by atoms with Crippen molar-refractivity contribution >= 4 is 11.3 Å². The van der Waals surface area contributed by atoms with Gasteiger partial charge in [0.1, 0.15) is 0 Å². The lowest BCUT2D eigenvalue weighted by Gasteiger charge is -2.17. The average molecular weight is 302 g/mol. The summed E-state index contributed by atoms with van der Waals surface area (Å²) in [6.07, 6.45) is 4.52. The molecule has 0 aliphatic heterocycles. The highest BCUT2D eigenvalue weighted by Crippen LogP contribution is 2.19. The van der Waals surface area contributed by atoms with E-state index in [2.05, 4.69) is 56.4 Å². The van der Waals surface area contributed by atoms with Crippen LogP contribution in [-0.2, 0) is 12.8 Å². The van der Waals surface area contributed by atoms with Gasteiger partial charge in [0.25, 0.3) is 0 Å². The Morgan fingerprint density at radius 3 is 2.57 bits per heavy atom. The quantitative estimate of drug-likeness (QED) is 0.786. The Balaban J connectivity index is 1.93. The summed E-state index contributed by atoms with van der Waals surface area (Å²) in [5.41, 5.74) is 2.61. The average Bonchev–Trinajstić information content (AvgIpc) is 2.81. The normalized spacial score (nSPS) is 12.5. The molecule has 1 atom stereocenters. The van der Waals surface area contributed by atoms with Crippen molar-refractivity contribution < 1.29 is 0 Å². The van der Waals surface area contributed by atoms with Crippen LogP contribution in [0.4, 0.5) is 0 Å². The van der Waals surface area contributed by atoms with E-state index in [1.807, 2.05) is 11.3 Å². The Morgan fingerprint density at radius 2 is 1.95 bits per heavy atom. The molecule has 0 fully saturated rings. The van der Waals surface area contributed by atoms with Crippen molar-refractivity contribution in [1.29, 1.82) is 0 Å². The van der Waals surface area contributed by atoms with Gasteiger partial charge in [-0.2, -0.15) is 0 Å². The van der Waals surface area contributed by atoms with Crippen molar-refractivity contribution in [2.45, 2.75) is 52.5 Å². The minimum Gasteiger partial charge on any atom is -0.314 e. The maximum atomic E-state index is 4.69. The number of nitrogens with one attached hydrogen (secondary N) is 1. The SMILES string of the molecule is CCCNC(CCc1ccccc1)Cc1nc(C)c(C)s1. The van der Waals surface area contributed by atoms with Crippen LogP contribution in [0.3, 0.4) is 0 Å². The molecule has 1 N–H and O–H groups in total. The van der Waals surface area contributed by atoms with Gasteiger partial charge < -0.3 is 5.32 Å². The molecule has 1 aromatic carbocycles. The number of aryl methyl sites for hydroxylation is 3. The minimum atomic E-state index is 0.523. The van der Waals surface area contributed by atoms with E-state index in [9.17, 15) is 0 Å². The Kier molecular flexibility index (Phi) is 6.40. The topological polar surface area (TPSA) is 24.9 Å². The van der Waals surface area contributed by atoms with Crippen molar-refractivity contribution in [3.05, 3.63) is 51.5 Å². The third kappa shape index (κ3) is 5.25. The van der Waals surface area contributed by atoms with Crippen molar-refractivity contribution in [2.24, 2.45) is 0 Å². The number of hydrogen-bond acceptors (Lipinski definition) is 3. The summed E-state index contributed by atoms with van der Waals surface area (Å²) in [6.45, 7) is 7.57. The largest absolute Gasteiger partial charge is 0.314 e. The molecule has 1 unspecified atom stereocenters. The molecular formula is C18H26N2S. The zero-order chi connectivity index (χ0) is 15.1. The van der Waals surface area contributed by atoms with Crippen LogP contribution in [0.15, 0.2) is 30.3 Å². The van der Waals surface area contributed by atoms with Gasteiger partial charge in [-0.15, -0.1) is 11.3 Å². The van der Waals surface area contributed by atoms with E-state index in [0.29, 0.717) is 6.04 Å². The molecular weight excluding hydrogens is 276 g/mol. The van der Waals surface area contributed by atoms with Crippen molar-refractivity contribution in [3.8, 4) is 0 Å². The third-order valence-corrected chi connectivity index (χ3v) is 4.90. The summed E-state index contributed by atoms with van der Waals surface area (Å²) in [4.78, 5) is 6.04. The molecule has 0 aliphatic carbocycles.